The molecule has 0 amide bonds. The number of allylic oxidation sites excluding steroid dienone is 2. The number of anilines is 4. The van der Waals surface area contributed by atoms with Crippen LogP contribution in [0.15, 0.2) is 359 Å². The van der Waals surface area contributed by atoms with Crippen molar-refractivity contribution >= 4 is 28.5 Å². The van der Waals surface area contributed by atoms with Gasteiger partial charge < -0.3 is 64.3 Å². The van der Waals surface area contributed by atoms with Gasteiger partial charge in [-0.05, 0) is 151 Å². The normalized spacial score (nSPS) is 9.77. The van der Waals surface area contributed by atoms with Crippen LogP contribution >= 0.6 is 0 Å². The van der Waals surface area contributed by atoms with E-state index in [-0.39, 0.29) is 198 Å². The van der Waals surface area contributed by atoms with Gasteiger partial charge in [0.05, 0.1) is 20.0 Å². The van der Waals surface area contributed by atoms with Crippen molar-refractivity contribution in [3.05, 3.63) is 483 Å². The predicted octanol–water partition coefficient (Wildman–Crippen LogP) is 26.9. The van der Waals surface area contributed by atoms with Crippen LogP contribution in [0.25, 0.3) is 90.1 Å². The van der Waals surface area contributed by atoms with E-state index in [0.29, 0.717) is 34.2 Å². The SMILES string of the molecule is CC(=O)C=C(C)O.CN(C)c1ccnc(-c2[c-]cc(F)cc2)c1.COc1ccnc(-c2[c-]cc(F)cc2)c1.COc1ccnc(-c2[c-]cc(F)cc2F)c1.Cc1ccnc(-c2[c-]cc(F)cc2F)c1.Fc1c[c-]c(-c2cc(N(c3ccccc3)c3ccccc3)ccn2)cc1.Fc1c[c-]c(-c2ccccn2)c(F)c1.Fc1c[c-]c(-c2ccccn2)c(F)c1.Fc1c[c-]c(-c2ccccn2)cc1.[Ir].[Ir].[Ir].[Ir].[Ir].[Ir].[Ir]. The van der Waals surface area contributed by atoms with E-state index in [0.717, 1.165) is 122 Å². The summed E-state index contributed by atoms with van der Waals surface area (Å²) in [5.74, 6) is -5.17. The standard InChI is InChI=1S/C23H16FN2.C13H12FN2.C12H8F2NO.C12H8F2N.C12H9FNO.2C11H6F2N.C11H7FN.C5H8O2.7Ir/c24-19-13-11-18(12-14-19)23-17-22(15-16-25-23)26(20-7-3-1-4-8-20)21-9-5-2-6-10-21;1-16(2)12-7-8-15-13(9-12)10-3-5-11(14)6-4-10;1-16-9-4-5-15-12(7-9)10-3-2-8(13)6-11(10)14;1-8-4-5-15-12(6-8)10-3-2-9(13)7-11(10)14;1-15-11-6-7-14-12(8-11)9-2-4-10(13)5-3-9;2*12-8-4-5-9(10(13)7-8)11-3-1-2-6-14-11;12-10-6-4-9(5-7-10)11-3-1-2-8-13-11;1-4(6)3-5(2)7;;;;;;;/h1-11,13-17H;3,5-9H,1-2H3;2,4-7H,1H3;2,4-7H,1H3;2,4-8H,1H3;2*1-4,6-7H;1-4,6-8H;3,6H,1-2H3;;;;;;;/q8*-1;;;;;;;;. The molecule has 10 aromatic carbocycles. The van der Waals surface area contributed by atoms with E-state index < -0.39 is 46.5 Å². The number of aliphatic hydroxyl groups excluding tert-OH is 1. The Labute approximate surface area is 915 Å². The average molecular weight is 3180 g/mol. The first-order valence-electron chi connectivity index (χ1n) is 40.9. The third-order valence-electron chi connectivity index (χ3n) is 18.2. The molecule has 0 fully saturated rings. The number of aromatic nitrogens is 8. The summed E-state index contributed by atoms with van der Waals surface area (Å²) in [6.45, 7) is 4.73. The van der Waals surface area contributed by atoms with Crippen molar-refractivity contribution in [2.75, 3.05) is 38.1 Å². The maximum Gasteiger partial charge on any atom is 0.155 e. The molecule has 0 aliphatic heterocycles. The number of methoxy groups -OCH3 is 2. The Balaban J connectivity index is 0.000000417. The van der Waals surface area contributed by atoms with Gasteiger partial charge in [-0.25, -0.2) is 0 Å². The van der Waals surface area contributed by atoms with Crippen molar-refractivity contribution < 1.29 is 213 Å². The zero-order chi connectivity index (χ0) is 97.3. The molecule has 0 unspecified atom stereocenters. The maximum absolute atomic E-state index is 13.4. The van der Waals surface area contributed by atoms with Crippen LogP contribution in [0.4, 0.5) is 75.4 Å². The van der Waals surface area contributed by atoms with Gasteiger partial charge in [0, 0.05) is 303 Å². The monoisotopic (exact) mass is 3180 g/mol. The van der Waals surface area contributed by atoms with Crippen molar-refractivity contribution in [3.63, 3.8) is 0 Å². The van der Waals surface area contributed by atoms with Gasteiger partial charge in [-0.15, -0.1) is 168 Å². The van der Waals surface area contributed by atoms with E-state index in [1.54, 1.807) is 141 Å². The molecule has 0 aliphatic carbocycles. The average Bonchev–Trinajstić information content (AvgIpc) is 0.796. The van der Waals surface area contributed by atoms with E-state index in [4.69, 9.17) is 14.6 Å². The number of pyridine rings is 8. The molecule has 0 saturated carbocycles. The minimum Gasteiger partial charge on any atom is -0.512 e. The molecule has 1 N–H and O–H groups in total. The number of para-hydroxylation sites is 2. The summed E-state index contributed by atoms with van der Waals surface area (Å²) in [5, 5.41) is 8.36. The van der Waals surface area contributed by atoms with Gasteiger partial charge in [0.2, 0.25) is 0 Å². The van der Waals surface area contributed by atoms with Gasteiger partial charge in [-0.2, -0.15) is 0 Å². The number of halogens is 12. The Bertz CT molecular complexity index is 6730. The third kappa shape index (κ3) is 41.4. The molecule has 18 rings (SSSR count). The predicted molar refractivity (Wildman–Crippen MR) is 501 cm³/mol. The smallest absolute Gasteiger partial charge is 0.155 e. The topological polar surface area (TPSA) is 165 Å². The molecule has 8 heterocycles. The minimum atomic E-state index is -0.694. The summed E-state index contributed by atoms with van der Waals surface area (Å²) >= 11 is 0. The second kappa shape index (κ2) is 65.6. The number of carbonyl (C=O) groups is 1. The fourth-order valence-electron chi connectivity index (χ4n) is 11.8. The third-order valence-corrected chi connectivity index (χ3v) is 18.2. The first-order chi connectivity index (χ1) is 65.7. The molecular formula is C110H80F12Ir7N10O4-8. The van der Waals surface area contributed by atoms with Gasteiger partial charge in [-0.1, -0.05) is 143 Å². The van der Waals surface area contributed by atoms with E-state index >= 15 is 0 Å². The Morgan fingerprint density at radius 2 is 0.566 bits per heavy atom. The quantitative estimate of drug-likeness (QED) is 0.0446. The molecule has 0 atom stereocenters. The van der Waals surface area contributed by atoms with Crippen LogP contribution in [0.5, 0.6) is 11.5 Å². The summed E-state index contributed by atoms with van der Waals surface area (Å²) < 4.78 is 165. The molecule has 143 heavy (non-hydrogen) atoms. The van der Waals surface area contributed by atoms with Gasteiger partial charge in [0.1, 0.15) is 11.5 Å². The zero-order valence-electron chi connectivity index (χ0n) is 76.0. The zero-order valence-corrected chi connectivity index (χ0v) is 92.8. The van der Waals surface area contributed by atoms with Crippen molar-refractivity contribution in [2.45, 2.75) is 20.8 Å². The van der Waals surface area contributed by atoms with Crippen LogP contribution < -0.4 is 19.3 Å². The Morgan fingerprint density at radius 3 is 0.867 bits per heavy atom. The molecule has 0 saturated heterocycles. The van der Waals surface area contributed by atoms with E-state index in [1.807, 2.05) is 111 Å². The van der Waals surface area contributed by atoms with E-state index in [9.17, 15) is 57.5 Å². The number of aliphatic hydroxyl groups is 1. The molecule has 33 heteroatoms. The summed E-state index contributed by atoms with van der Waals surface area (Å²) in [5.41, 5.74) is 13.7. The molecule has 7 radical (unpaired) electrons. The largest absolute Gasteiger partial charge is 0.512 e. The molecule has 18 aromatic rings. The second-order valence-electron chi connectivity index (χ2n) is 28.5. The first kappa shape index (κ1) is 125. The first-order valence-corrected chi connectivity index (χ1v) is 40.9. The number of hydrogen-bond donors (Lipinski definition) is 1. The molecule has 0 spiro atoms. The summed E-state index contributed by atoms with van der Waals surface area (Å²) in [6.07, 6.45) is 14.2. The van der Waals surface area contributed by atoms with E-state index in [2.05, 4.69) is 118 Å². The fraction of sp³-hybridized carbons (Fsp3) is 0.0636. The van der Waals surface area contributed by atoms with Crippen molar-refractivity contribution in [3.8, 4) is 102 Å². The number of hydrogen-bond acceptors (Lipinski definition) is 14. The Kier molecular flexibility index (Phi) is 57.2. The summed E-state index contributed by atoms with van der Waals surface area (Å²) in [6, 6.07) is 101. The van der Waals surface area contributed by atoms with Crippen LogP contribution in [0.1, 0.15) is 19.4 Å². The number of aryl methyl sites for hydroxylation is 1. The summed E-state index contributed by atoms with van der Waals surface area (Å²) in [4.78, 5) is 47.0. The van der Waals surface area contributed by atoms with Crippen molar-refractivity contribution in [1.82, 2.24) is 39.9 Å². The molecule has 0 aliphatic rings. The van der Waals surface area contributed by atoms with E-state index in [1.165, 1.54) is 81.8 Å². The van der Waals surface area contributed by atoms with Crippen LogP contribution in [0.2, 0.25) is 0 Å². The number of benzene rings is 10. The number of rotatable bonds is 15. The molecule has 8 aromatic heterocycles. The minimum absolute atomic E-state index is 0. The number of ketones is 1. The second-order valence-corrected chi connectivity index (χ2v) is 28.5. The van der Waals surface area contributed by atoms with Crippen molar-refractivity contribution in [2.24, 2.45) is 0 Å². The number of ether oxygens (including phenoxy) is 2. The van der Waals surface area contributed by atoms with Gasteiger partial charge in [0.15, 0.2) is 5.78 Å². The molecular weight excluding hydrogens is 3100 g/mol. The van der Waals surface area contributed by atoms with Gasteiger partial charge in [0.25, 0.3) is 0 Å². The van der Waals surface area contributed by atoms with Gasteiger partial charge in [-0.3, -0.25) is 57.5 Å². The fourth-order valence-corrected chi connectivity index (χ4v) is 11.8. The number of nitrogens with zero attached hydrogens (tertiary/aromatic N) is 10. The van der Waals surface area contributed by atoms with Crippen LogP contribution in [0, 0.1) is 125 Å². The van der Waals surface area contributed by atoms with Crippen molar-refractivity contribution in [1.29, 1.82) is 0 Å². The molecule has 14 nitrogen and oxygen atoms in total. The summed E-state index contributed by atoms with van der Waals surface area (Å²) in [7, 11) is 7.03. The number of carbonyl (C=O) groups excluding carboxylic acids is 1. The molecule has 0 bridgehead atoms. The molecule has 749 valence electrons. The Hall–Kier alpha value is -12.5. The maximum atomic E-state index is 13.4. The van der Waals surface area contributed by atoms with Crippen LogP contribution in [-0.4, -0.2) is 79.1 Å². The van der Waals surface area contributed by atoms with Crippen LogP contribution in [-0.2, 0) is 146 Å². The van der Waals surface area contributed by atoms with Gasteiger partial charge >= 0.3 is 0 Å². The van der Waals surface area contributed by atoms with Crippen LogP contribution in [0.3, 0.4) is 0 Å². The Morgan fingerprint density at radius 1 is 0.287 bits per heavy atom.